The first-order chi connectivity index (χ1) is 6.22. The predicted molar refractivity (Wildman–Crippen MR) is 67.7 cm³/mol. The Balaban J connectivity index is 2.45. The van der Waals surface area contributed by atoms with Gasteiger partial charge in [-0.3, -0.25) is 0 Å². The van der Waals surface area contributed by atoms with Crippen molar-refractivity contribution in [2.45, 2.75) is 6.92 Å². The summed E-state index contributed by atoms with van der Waals surface area (Å²) in [5.74, 6) is 2.31. The number of hydrogen-bond donors (Lipinski definition) is 1. The van der Waals surface area contributed by atoms with Gasteiger partial charge in [0, 0.05) is 3.57 Å². The molecule has 0 N–H and O–H groups in total. The van der Waals surface area contributed by atoms with E-state index in [0.29, 0.717) is 5.92 Å². The van der Waals surface area contributed by atoms with Crippen molar-refractivity contribution in [3.05, 3.63) is 27.8 Å². The second kappa shape index (κ2) is 5.75. The summed E-state index contributed by atoms with van der Waals surface area (Å²) in [5.41, 5.74) is 0. The van der Waals surface area contributed by atoms with E-state index in [4.69, 9.17) is 4.74 Å². The first kappa shape index (κ1) is 11.2. The molecule has 0 saturated carbocycles. The van der Waals surface area contributed by atoms with Gasteiger partial charge in [0.05, 0.1) is 6.61 Å². The Bertz CT molecular complexity index is 265. The molecule has 3 heteroatoms. The SMILES string of the molecule is CC(CS)COc1cccc(I)c1. The summed E-state index contributed by atoms with van der Waals surface area (Å²) in [7, 11) is 0. The third-order valence-corrected chi connectivity index (χ3v) is 2.94. The van der Waals surface area contributed by atoms with Gasteiger partial charge < -0.3 is 4.74 Å². The highest BCUT2D eigenvalue weighted by Gasteiger charge is 2.00. The van der Waals surface area contributed by atoms with E-state index in [1.165, 1.54) is 3.57 Å². The summed E-state index contributed by atoms with van der Waals surface area (Å²) in [6.45, 7) is 2.87. The maximum Gasteiger partial charge on any atom is 0.120 e. The fourth-order valence-corrected chi connectivity index (χ4v) is 1.47. The Morgan fingerprint density at radius 1 is 1.54 bits per heavy atom. The molecule has 0 aliphatic rings. The molecular weight excluding hydrogens is 295 g/mol. The van der Waals surface area contributed by atoms with Crippen molar-refractivity contribution < 1.29 is 4.74 Å². The van der Waals surface area contributed by atoms with Crippen molar-refractivity contribution in [1.29, 1.82) is 0 Å². The zero-order valence-corrected chi connectivity index (χ0v) is 10.6. The molecule has 1 aromatic carbocycles. The predicted octanol–water partition coefficient (Wildman–Crippen LogP) is 3.24. The van der Waals surface area contributed by atoms with Crippen molar-refractivity contribution >= 4 is 35.2 Å². The van der Waals surface area contributed by atoms with Gasteiger partial charge in [0.15, 0.2) is 0 Å². The van der Waals surface area contributed by atoms with Gasteiger partial charge in [0.2, 0.25) is 0 Å². The average molecular weight is 308 g/mol. The topological polar surface area (TPSA) is 9.23 Å². The number of thiol groups is 1. The van der Waals surface area contributed by atoms with Crippen LogP contribution in [0, 0.1) is 9.49 Å². The molecule has 0 fully saturated rings. The van der Waals surface area contributed by atoms with Gasteiger partial charge in [-0.25, -0.2) is 0 Å². The van der Waals surface area contributed by atoms with E-state index in [1.54, 1.807) is 0 Å². The second-order valence-corrected chi connectivity index (χ2v) is 4.67. The number of hydrogen-bond acceptors (Lipinski definition) is 2. The average Bonchev–Trinajstić information content (AvgIpc) is 2.14. The minimum Gasteiger partial charge on any atom is -0.493 e. The molecule has 0 amide bonds. The van der Waals surface area contributed by atoms with Crippen LogP contribution in [0.25, 0.3) is 0 Å². The van der Waals surface area contributed by atoms with Gasteiger partial charge in [0.1, 0.15) is 5.75 Å². The lowest BCUT2D eigenvalue weighted by Gasteiger charge is -2.10. The number of ether oxygens (including phenoxy) is 1. The number of halogens is 1. The molecule has 1 rings (SSSR count). The normalized spacial score (nSPS) is 12.5. The third-order valence-electron chi connectivity index (χ3n) is 1.64. The molecule has 0 bridgehead atoms. The first-order valence-electron chi connectivity index (χ1n) is 4.21. The Labute approximate surface area is 98.4 Å². The smallest absolute Gasteiger partial charge is 0.120 e. The highest BCUT2D eigenvalue weighted by molar-refractivity contribution is 14.1. The maximum absolute atomic E-state index is 5.59. The standard InChI is InChI=1S/C10H13IOS/c1-8(7-13)6-12-10-4-2-3-9(11)5-10/h2-5,8,13H,6-7H2,1H3. The van der Waals surface area contributed by atoms with Crippen LogP contribution in [0.3, 0.4) is 0 Å². The Morgan fingerprint density at radius 2 is 2.31 bits per heavy atom. The lowest BCUT2D eigenvalue weighted by Crippen LogP contribution is -2.09. The van der Waals surface area contributed by atoms with Gasteiger partial charge in [-0.15, -0.1) is 0 Å². The molecule has 0 aromatic heterocycles. The van der Waals surface area contributed by atoms with Crippen molar-refractivity contribution in [3.63, 3.8) is 0 Å². The summed E-state index contributed by atoms with van der Waals surface area (Å²) < 4.78 is 6.79. The van der Waals surface area contributed by atoms with Gasteiger partial charge in [0.25, 0.3) is 0 Å². The fourth-order valence-electron chi connectivity index (χ4n) is 0.848. The molecule has 0 heterocycles. The molecule has 0 aliphatic carbocycles. The summed E-state index contributed by atoms with van der Waals surface area (Å²) in [6, 6.07) is 8.07. The quantitative estimate of drug-likeness (QED) is 0.664. The highest BCUT2D eigenvalue weighted by atomic mass is 127. The Kier molecular flexibility index (Phi) is 4.94. The van der Waals surface area contributed by atoms with Crippen LogP contribution in [0.4, 0.5) is 0 Å². The molecule has 1 atom stereocenters. The maximum atomic E-state index is 5.59. The fraction of sp³-hybridized carbons (Fsp3) is 0.400. The highest BCUT2D eigenvalue weighted by Crippen LogP contribution is 2.15. The van der Waals surface area contributed by atoms with Crippen LogP contribution in [-0.2, 0) is 0 Å². The molecule has 1 nitrogen and oxygen atoms in total. The summed E-state index contributed by atoms with van der Waals surface area (Å²) >= 11 is 6.48. The molecule has 13 heavy (non-hydrogen) atoms. The Morgan fingerprint density at radius 3 is 2.92 bits per heavy atom. The van der Waals surface area contributed by atoms with Crippen LogP contribution in [0.1, 0.15) is 6.92 Å². The summed E-state index contributed by atoms with van der Waals surface area (Å²) in [6.07, 6.45) is 0. The third kappa shape index (κ3) is 4.22. The van der Waals surface area contributed by atoms with Crippen LogP contribution in [0.15, 0.2) is 24.3 Å². The molecule has 1 unspecified atom stereocenters. The van der Waals surface area contributed by atoms with Crippen LogP contribution >= 0.6 is 35.2 Å². The van der Waals surface area contributed by atoms with Crippen LogP contribution in [-0.4, -0.2) is 12.4 Å². The van der Waals surface area contributed by atoms with E-state index in [-0.39, 0.29) is 0 Å². The van der Waals surface area contributed by atoms with Gasteiger partial charge in [-0.2, -0.15) is 12.6 Å². The van der Waals surface area contributed by atoms with Gasteiger partial charge in [-0.1, -0.05) is 13.0 Å². The van der Waals surface area contributed by atoms with Crippen LogP contribution in [0.5, 0.6) is 5.75 Å². The molecule has 0 saturated heterocycles. The van der Waals surface area contributed by atoms with E-state index >= 15 is 0 Å². The second-order valence-electron chi connectivity index (χ2n) is 3.06. The number of benzene rings is 1. The zero-order valence-electron chi connectivity index (χ0n) is 7.53. The number of rotatable bonds is 4. The van der Waals surface area contributed by atoms with E-state index < -0.39 is 0 Å². The van der Waals surface area contributed by atoms with E-state index in [2.05, 4.69) is 48.2 Å². The summed E-state index contributed by atoms with van der Waals surface area (Å²) in [5, 5.41) is 0. The lowest BCUT2D eigenvalue weighted by molar-refractivity contribution is 0.273. The minimum absolute atomic E-state index is 0.501. The molecule has 72 valence electrons. The van der Waals surface area contributed by atoms with Crippen LogP contribution in [0.2, 0.25) is 0 Å². The van der Waals surface area contributed by atoms with Crippen LogP contribution < -0.4 is 4.74 Å². The molecule has 0 spiro atoms. The van der Waals surface area contributed by atoms with Crippen molar-refractivity contribution in [2.24, 2.45) is 5.92 Å². The van der Waals surface area contributed by atoms with E-state index in [9.17, 15) is 0 Å². The van der Waals surface area contributed by atoms with Crippen molar-refractivity contribution in [3.8, 4) is 5.75 Å². The first-order valence-corrected chi connectivity index (χ1v) is 5.92. The zero-order chi connectivity index (χ0) is 9.68. The van der Waals surface area contributed by atoms with E-state index in [1.807, 2.05) is 18.2 Å². The molecule has 1 aromatic rings. The minimum atomic E-state index is 0.501. The van der Waals surface area contributed by atoms with E-state index in [0.717, 1.165) is 18.1 Å². The monoisotopic (exact) mass is 308 g/mol. The summed E-state index contributed by atoms with van der Waals surface area (Å²) in [4.78, 5) is 0. The molecule has 0 aliphatic heterocycles. The van der Waals surface area contributed by atoms with Gasteiger partial charge >= 0.3 is 0 Å². The van der Waals surface area contributed by atoms with Gasteiger partial charge in [-0.05, 0) is 52.5 Å². The van der Waals surface area contributed by atoms with Crippen molar-refractivity contribution in [2.75, 3.05) is 12.4 Å². The largest absolute Gasteiger partial charge is 0.493 e. The van der Waals surface area contributed by atoms with Crippen molar-refractivity contribution in [1.82, 2.24) is 0 Å². The molecule has 0 radical (unpaired) electrons. The molecular formula is C10H13IOS. The Hall–Kier alpha value is 0.100. The lowest BCUT2D eigenvalue weighted by atomic mass is 10.2.